The summed E-state index contributed by atoms with van der Waals surface area (Å²) in [6, 6.07) is 6.97. The molecule has 100 valence electrons. The zero-order valence-electron chi connectivity index (χ0n) is 10.4. The van der Waals surface area contributed by atoms with E-state index in [1.807, 2.05) is 6.07 Å². The van der Waals surface area contributed by atoms with Gasteiger partial charge in [0.1, 0.15) is 0 Å². The number of Topliss-reactive ketones (excluding diaryl/α,β-unsaturated/α-hetero) is 1. The van der Waals surface area contributed by atoms with E-state index in [0.29, 0.717) is 18.7 Å². The Kier molecular flexibility index (Phi) is 3.99. The Balaban J connectivity index is 2.07. The van der Waals surface area contributed by atoms with Crippen LogP contribution in [0.25, 0.3) is 0 Å². The standard InChI is InChI=1S/C13H13BrN2O3/c1-15-5-6-16(13(19)12(15)18)8-11(17)9-3-2-4-10(14)7-9/h2-4,7H,5-6,8H2,1H3. The first kappa shape index (κ1) is 13.7. The monoisotopic (exact) mass is 324 g/mol. The molecule has 1 saturated heterocycles. The largest absolute Gasteiger partial charge is 0.336 e. The molecule has 6 heteroatoms. The van der Waals surface area contributed by atoms with E-state index in [1.165, 1.54) is 9.80 Å². The van der Waals surface area contributed by atoms with Crippen LogP contribution in [0, 0.1) is 0 Å². The predicted molar refractivity (Wildman–Crippen MR) is 72.7 cm³/mol. The molecule has 2 amide bonds. The van der Waals surface area contributed by atoms with Crippen LogP contribution in [0.1, 0.15) is 10.4 Å². The fourth-order valence-corrected chi connectivity index (χ4v) is 2.25. The lowest BCUT2D eigenvalue weighted by Gasteiger charge is -2.30. The van der Waals surface area contributed by atoms with Gasteiger partial charge in [-0.05, 0) is 12.1 Å². The molecule has 1 fully saturated rings. The number of hydrogen-bond acceptors (Lipinski definition) is 3. The highest BCUT2D eigenvalue weighted by Gasteiger charge is 2.31. The average Bonchev–Trinajstić information content (AvgIpc) is 2.39. The predicted octanol–water partition coefficient (Wildman–Crippen LogP) is 0.932. The van der Waals surface area contributed by atoms with E-state index in [4.69, 9.17) is 0 Å². The summed E-state index contributed by atoms with van der Waals surface area (Å²) in [6.45, 7) is 0.784. The second-order valence-corrected chi connectivity index (χ2v) is 5.30. The fraction of sp³-hybridized carbons (Fsp3) is 0.308. The van der Waals surface area contributed by atoms with Crippen molar-refractivity contribution in [3.05, 3.63) is 34.3 Å². The lowest BCUT2D eigenvalue weighted by Crippen LogP contribution is -2.53. The van der Waals surface area contributed by atoms with Crippen LogP contribution in [-0.4, -0.2) is 54.1 Å². The van der Waals surface area contributed by atoms with Gasteiger partial charge in [0, 0.05) is 30.2 Å². The van der Waals surface area contributed by atoms with Gasteiger partial charge in [0.25, 0.3) is 0 Å². The Morgan fingerprint density at radius 2 is 2.00 bits per heavy atom. The molecular weight excluding hydrogens is 312 g/mol. The van der Waals surface area contributed by atoms with Gasteiger partial charge < -0.3 is 9.80 Å². The van der Waals surface area contributed by atoms with Crippen molar-refractivity contribution in [2.45, 2.75) is 0 Å². The van der Waals surface area contributed by atoms with Gasteiger partial charge in [-0.25, -0.2) is 0 Å². The number of ketones is 1. The van der Waals surface area contributed by atoms with Crippen molar-refractivity contribution >= 4 is 33.5 Å². The minimum Gasteiger partial charge on any atom is -0.336 e. The number of benzene rings is 1. The molecule has 0 N–H and O–H groups in total. The molecule has 0 aliphatic carbocycles. The maximum atomic E-state index is 12.1. The SMILES string of the molecule is CN1CCN(CC(=O)c2cccc(Br)c2)C(=O)C1=O. The smallest absolute Gasteiger partial charge is 0.312 e. The molecule has 0 saturated carbocycles. The van der Waals surface area contributed by atoms with Crippen molar-refractivity contribution in [1.29, 1.82) is 0 Å². The molecule has 19 heavy (non-hydrogen) atoms. The van der Waals surface area contributed by atoms with Crippen LogP contribution in [0.2, 0.25) is 0 Å². The number of piperazine rings is 1. The third-order valence-corrected chi connectivity index (χ3v) is 3.50. The summed E-state index contributed by atoms with van der Waals surface area (Å²) in [4.78, 5) is 38.0. The first-order chi connectivity index (χ1) is 8.99. The highest BCUT2D eigenvalue weighted by molar-refractivity contribution is 9.10. The molecule has 2 rings (SSSR count). The molecule has 0 unspecified atom stereocenters. The van der Waals surface area contributed by atoms with Gasteiger partial charge in [0.15, 0.2) is 5.78 Å². The van der Waals surface area contributed by atoms with Crippen LogP contribution < -0.4 is 0 Å². The van der Waals surface area contributed by atoms with E-state index in [-0.39, 0.29) is 12.3 Å². The van der Waals surface area contributed by atoms with Crippen molar-refractivity contribution in [1.82, 2.24) is 9.80 Å². The van der Waals surface area contributed by atoms with Crippen LogP contribution in [0.4, 0.5) is 0 Å². The topological polar surface area (TPSA) is 57.7 Å². The van der Waals surface area contributed by atoms with Crippen LogP contribution >= 0.6 is 15.9 Å². The number of halogens is 1. The summed E-state index contributed by atoms with van der Waals surface area (Å²) in [6.07, 6.45) is 0. The van der Waals surface area contributed by atoms with Gasteiger partial charge in [-0.3, -0.25) is 14.4 Å². The lowest BCUT2D eigenvalue weighted by atomic mass is 10.1. The van der Waals surface area contributed by atoms with Crippen molar-refractivity contribution in [2.24, 2.45) is 0 Å². The van der Waals surface area contributed by atoms with E-state index < -0.39 is 11.8 Å². The Morgan fingerprint density at radius 1 is 1.26 bits per heavy atom. The first-order valence-electron chi connectivity index (χ1n) is 5.82. The van der Waals surface area contributed by atoms with Gasteiger partial charge in [0.05, 0.1) is 6.54 Å². The van der Waals surface area contributed by atoms with Gasteiger partial charge in [0.2, 0.25) is 0 Å². The zero-order chi connectivity index (χ0) is 14.0. The van der Waals surface area contributed by atoms with Crippen LogP contribution in [-0.2, 0) is 9.59 Å². The summed E-state index contributed by atoms with van der Waals surface area (Å²) in [7, 11) is 1.58. The molecular formula is C13H13BrN2O3. The molecule has 1 heterocycles. The molecule has 0 spiro atoms. The quantitative estimate of drug-likeness (QED) is 0.614. The van der Waals surface area contributed by atoms with E-state index in [0.717, 1.165) is 4.47 Å². The molecule has 0 atom stereocenters. The molecule has 5 nitrogen and oxygen atoms in total. The maximum Gasteiger partial charge on any atom is 0.312 e. The van der Waals surface area contributed by atoms with Gasteiger partial charge in [-0.15, -0.1) is 0 Å². The van der Waals surface area contributed by atoms with Crippen LogP contribution in [0.5, 0.6) is 0 Å². The third-order valence-electron chi connectivity index (χ3n) is 3.00. The number of nitrogens with zero attached hydrogens (tertiary/aromatic N) is 2. The Bertz CT molecular complexity index is 544. The molecule has 0 bridgehead atoms. The summed E-state index contributed by atoms with van der Waals surface area (Å²) in [5.41, 5.74) is 0.522. The second-order valence-electron chi connectivity index (χ2n) is 4.39. The number of carbonyl (C=O) groups excluding carboxylic acids is 3. The van der Waals surface area contributed by atoms with Crippen molar-refractivity contribution in [3.8, 4) is 0 Å². The normalized spacial score (nSPS) is 15.9. The van der Waals surface area contributed by atoms with E-state index in [1.54, 1.807) is 25.2 Å². The second kappa shape index (κ2) is 5.52. The highest BCUT2D eigenvalue weighted by Crippen LogP contribution is 2.13. The minimum atomic E-state index is -0.614. The Labute approximate surface area is 119 Å². The first-order valence-corrected chi connectivity index (χ1v) is 6.61. The highest BCUT2D eigenvalue weighted by atomic mass is 79.9. The molecule has 1 aromatic rings. The summed E-state index contributed by atoms with van der Waals surface area (Å²) >= 11 is 3.29. The van der Waals surface area contributed by atoms with Crippen molar-refractivity contribution < 1.29 is 14.4 Å². The van der Waals surface area contributed by atoms with E-state index in [2.05, 4.69) is 15.9 Å². The number of hydrogen-bond donors (Lipinski definition) is 0. The number of likely N-dealkylation sites (N-methyl/N-ethyl adjacent to an activating group) is 1. The minimum absolute atomic E-state index is 0.0606. The fourth-order valence-electron chi connectivity index (χ4n) is 1.85. The molecule has 0 aromatic heterocycles. The third kappa shape index (κ3) is 3.01. The molecule has 0 radical (unpaired) electrons. The number of carbonyl (C=O) groups is 3. The Morgan fingerprint density at radius 3 is 2.68 bits per heavy atom. The molecule has 1 aromatic carbocycles. The molecule has 1 aliphatic rings. The van der Waals surface area contributed by atoms with E-state index in [9.17, 15) is 14.4 Å². The Hall–Kier alpha value is -1.69. The number of amides is 2. The average molecular weight is 325 g/mol. The van der Waals surface area contributed by atoms with Crippen molar-refractivity contribution in [2.75, 3.05) is 26.7 Å². The van der Waals surface area contributed by atoms with Gasteiger partial charge in [-0.2, -0.15) is 0 Å². The maximum absolute atomic E-state index is 12.1. The van der Waals surface area contributed by atoms with E-state index >= 15 is 0 Å². The zero-order valence-corrected chi connectivity index (χ0v) is 12.0. The summed E-state index contributed by atoms with van der Waals surface area (Å²) < 4.78 is 0.805. The van der Waals surface area contributed by atoms with Crippen molar-refractivity contribution in [3.63, 3.8) is 0 Å². The van der Waals surface area contributed by atoms with Crippen LogP contribution in [0.3, 0.4) is 0 Å². The van der Waals surface area contributed by atoms with Gasteiger partial charge in [-0.1, -0.05) is 28.1 Å². The summed E-state index contributed by atoms with van der Waals surface area (Å²) in [5.74, 6) is -1.35. The van der Waals surface area contributed by atoms with Crippen LogP contribution in [0.15, 0.2) is 28.7 Å². The van der Waals surface area contributed by atoms with Gasteiger partial charge >= 0.3 is 11.8 Å². The number of rotatable bonds is 3. The molecule has 1 aliphatic heterocycles. The summed E-state index contributed by atoms with van der Waals surface area (Å²) in [5, 5.41) is 0. The lowest BCUT2D eigenvalue weighted by molar-refractivity contribution is -0.154.